The molecule has 2 aromatic rings. The van der Waals surface area contributed by atoms with Crippen molar-refractivity contribution >= 4 is 12.0 Å². The smallest absolute Gasteiger partial charge is 0.336 e. The Hall–Kier alpha value is -2.35. The Morgan fingerprint density at radius 1 is 1.09 bits per heavy atom. The summed E-state index contributed by atoms with van der Waals surface area (Å²) in [6.45, 7) is 4.22. The van der Waals surface area contributed by atoms with Gasteiger partial charge in [-0.25, -0.2) is 4.79 Å². The van der Waals surface area contributed by atoms with E-state index in [1.165, 1.54) is 0 Å². The molecule has 0 aliphatic carbocycles. The lowest BCUT2D eigenvalue weighted by Gasteiger charge is -2.09. The minimum absolute atomic E-state index is 0.353. The number of aryl methyl sites for hydroxylation is 1. The highest BCUT2D eigenvalue weighted by Crippen LogP contribution is 2.26. The summed E-state index contributed by atoms with van der Waals surface area (Å²) in [6.07, 6.45) is 7.37. The van der Waals surface area contributed by atoms with E-state index in [2.05, 4.69) is 26.0 Å². The normalized spacial score (nSPS) is 11.0. The quantitative estimate of drug-likeness (QED) is 0.771. The second kappa shape index (κ2) is 7.60. The molecule has 1 N–H and O–H groups in total. The summed E-state index contributed by atoms with van der Waals surface area (Å²) < 4.78 is 0. The van der Waals surface area contributed by atoms with Crippen LogP contribution in [0.15, 0.2) is 48.5 Å². The molecule has 0 bridgehead atoms. The molecule has 2 nitrogen and oxygen atoms in total. The molecular formula is C20H22O2. The topological polar surface area (TPSA) is 37.3 Å². The average molecular weight is 294 g/mol. The van der Waals surface area contributed by atoms with Crippen molar-refractivity contribution in [3.8, 4) is 11.1 Å². The minimum Gasteiger partial charge on any atom is -0.478 e. The lowest BCUT2D eigenvalue weighted by molar-refractivity contribution is 0.0697. The predicted octanol–water partition coefficient (Wildman–Crippen LogP) is 5.43. The van der Waals surface area contributed by atoms with E-state index in [1.807, 2.05) is 36.4 Å². The molecule has 0 atom stereocenters. The van der Waals surface area contributed by atoms with Crippen molar-refractivity contribution in [2.45, 2.75) is 33.1 Å². The molecule has 0 radical (unpaired) electrons. The van der Waals surface area contributed by atoms with Gasteiger partial charge in [0.1, 0.15) is 0 Å². The van der Waals surface area contributed by atoms with E-state index >= 15 is 0 Å². The van der Waals surface area contributed by atoms with Gasteiger partial charge in [0.2, 0.25) is 0 Å². The molecule has 114 valence electrons. The summed E-state index contributed by atoms with van der Waals surface area (Å²) in [5, 5.41) is 9.38. The lowest BCUT2D eigenvalue weighted by Crippen LogP contribution is -2.00. The summed E-state index contributed by atoms with van der Waals surface area (Å²) >= 11 is 0. The van der Waals surface area contributed by atoms with Crippen molar-refractivity contribution in [1.82, 2.24) is 0 Å². The minimum atomic E-state index is -0.885. The van der Waals surface area contributed by atoms with E-state index in [0.29, 0.717) is 5.56 Å². The Morgan fingerprint density at radius 3 is 2.41 bits per heavy atom. The van der Waals surface area contributed by atoms with E-state index in [9.17, 15) is 9.90 Å². The van der Waals surface area contributed by atoms with E-state index in [-0.39, 0.29) is 0 Å². The maximum Gasteiger partial charge on any atom is 0.336 e. The highest BCUT2D eigenvalue weighted by atomic mass is 16.4. The number of benzene rings is 2. The Kier molecular flexibility index (Phi) is 5.54. The van der Waals surface area contributed by atoms with Crippen LogP contribution in [0.4, 0.5) is 0 Å². The number of carbonyl (C=O) groups is 1. The SMILES string of the molecule is CCC/C=C/c1ccc(-c2cc(CC)ccc2C(=O)O)cc1. The third-order valence-corrected chi connectivity index (χ3v) is 3.71. The first kappa shape index (κ1) is 16.0. The van der Waals surface area contributed by atoms with Gasteiger partial charge in [-0.15, -0.1) is 0 Å². The molecule has 0 spiro atoms. The Bertz CT molecular complexity index is 667. The van der Waals surface area contributed by atoms with Crippen molar-refractivity contribution in [2.24, 2.45) is 0 Å². The largest absolute Gasteiger partial charge is 0.478 e. The number of allylic oxidation sites excluding steroid dienone is 1. The van der Waals surface area contributed by atoms with Gasteiger partial charge in [-0.3, -0.25) is 0 Å². The fourth-order valence-corrected chi connectivity index (χ4v) is 2.40. The zero-order valence-electron chi connectivity index (χ0n) is 13.2. The van der Waals surface area contributed by atoms with Crippen molar-refractivity contribution in [1.29, 1.82) is 0 Å². The number of unbranched alkanes of at least 4 members (excludes halogenated alkanes) is 1. The van der Waals surface area contributed by atoms with E-state index in [1.54, 1.807) is 6.07 Å². The zero-order valence-corrected chi connectivity index (χ0v) is 13.2. The Balaban J connectivity index is 2.36. The van der Waals surface area contributed by atoms with Gasteiger partial charge in [0.05, 0.1) is 5.56 Å². The lowest BCUT2D eigenvalue weighted by atomic mass is 9.95. The van der Waals surface area contributed by atoms with Gasteiger partial charge in [-0.05, 0) is 41.2 Å². The third kappa shape index (κ3) is 3.85. The number of carboxylic acids is 1. The molecule has 0 heterocycles. The summed E-state index contributed by atoms with van der Waals surface area (Å²) in [6, 6.07) is 13.6. The van der Waals surface area contributed by atoms with Gasteiger partial charge >= 0.3 is 5.97 Å². The molecule has 22 heavy (non-hydrogen) atoms. The predicted molar refractivity (Wildman–Crippen MR) is 92.2 cm³/mol. The van der Waals surface area contributed by atoms with Crippen LogP contribution in [-0.4, -0.2) is 11.1 Å². The molecule has 2 aromatic carbocycles. The average Bonchev–Trinajstić information content (AvgIpc) is 2.55. The van der Waals surface area contributed by atoms with Crippen LogP contribution in [0.25, 0.3) is 17.2 Å². The summed E-state index contributed by atoms with van der Waals surface area (Å²) in [5.41, 5.74) is 4.37. The van der Waals surface area contributed by atoms with Gasteiger partial charge in [-0.2, -0.15) is 0 Å². The Morgan fingerprint density at radius 2 is 1.82 bits per heavy atom. The number of rotatable bonds is 6. The molecule has 0 amide bonds. The van der Waals surface area contributed by atoms with Crippen molar-refractivity contribution in [3.05, 3.63) is 65.2 Å². The maximum atomic E-state index is 11.4. The van der Waals surface area contributed by atoms with Crippen molar-refractivity contribution < 1.29 is 9.90 Å². The zero-order chi connectivity index (χ0) is 15.9. The van der Waals surface area contributed by atoms with Crippen LogP contribution in [0.1, 0.15) is 48.2 Å². The molecule has 0 fully saturated rings. The first-order chi connectivity index (χ1) is 10.7. The van der Waals surface area contributed by atoms with Crippen LogP contribution in [0.5, 0.6) is 0 Å². The van der Waals surface area contributed by atoms with E-state index < -0.39 is 5.97 Å². The van der Waals surface area contributed by atoms with E-state index in [4.69, 9.17) is 0 Å². The van der Waals surface area contributed by atoms with Crippen LogP contribution >= 0.6 is 0 Å². The van der Waals surface area contributed by atoms with E-state index in [0.717, 1.165) is 41.5 Å². The molecule has 0 aromatic heterocycles. The molecule has 2 heteroatoms. The molecule has 2 rings (SSSR count). The number of hydrogen-bond donors (Lipinski definition) is 1. The molecule has 0 saturated heterocycles. The van der Waals surface area contributed by atoms with Gasteiger partial charge in [0.25, 0.3) is 0 Å². The maximum absolute atomic E-state index is 11.4. The van der Waals surface area contributed by atoms with Crippen LogP contribution in [-0.2, 0) is 6.42 Å². The van der Waals surface area contributed by atoms with Gasteiger partial charge in [0.15, 0.2) is 0 Å². The van der Waals surface area contributed by atoms with Crippen molar-refractivity contribution in [3.63, 3.8) is 0 Å². The molecule has 0 aliphatic rings. The van der Waals surface area contributed by atoms with Crippen molar-refractivity contribution in [2.75, 3.05) is 0 Å². The second-order valence-electron chi connectivity index (χ2n) is 5.35. The fraction of sp³-hybridized carbons (Fsp3) is 0.250. The van der Waals surface area contributed by atoms with Crippen LogP contribution < -0.4 is 0 Å². The summed E-state index contributed by atoms with van der Waals surface area (Å²) in [4.78, 5) is 11.4. The first-order valence-electron chi connectivity index (χ1n) is 7.79. The standard InChI is InChI=1S/C20H22O2/c1-3-5-6-7-16-8-11-17(12-9-16)19-14-15(4-2)10-13-18(19)20(21)22/h6-14H,3-5H2,1-2H3,(H,21,22)/b7-6+. The van der Waals surface area contributed by atoms with Gasteiger partial charge in [0, 0.05) is 0 Å². The van der Waals surface area contributed by atoms with Crippen LogP contribution in [0.2, 0.25) is 0 Å². The summed E-state index contributed by atoms with van der Waals surface area (Å²) in [5.74, 6) is -0.885. The Labute approximate surface area is 132 Å². The number of aromatic carboxylic acids is 1. The molecule has 0 aliphatic heterocycles. The number of hydrogen-bond acceptors (Lipinski definition) is 1. The summed E-state index contributed by atoms with van der Waals surface area (Å²) in [7, 11) is 0. The molecule has 0 saturated carbocycles. The fourth-order valence-electron chi connectivity index (χ4n) is 2.40. The van der Waals surface area contributed by atoms with Crippen LogP contribution in [0, 0.1) is 0 Å². The highest BCUT2D eigenvalue weighted by Gasteiger charge is 2.12. The number of carboxylic acid groups (broad SMARTS) is 1. The second-order valence-corrected chi connectivity index (χ2v) is 5.35. The van der Waals surface area contributed by atoms with Gasteiger partial charge < -0.3 is 5.11 Å². The first-order valence-corrected chi connectivity index (χ1v) is 7.79. The van der Waals surface area contributed by atoms with Gasteiger partial charge in [-0.1, -0.05) is 68.8 Å². The monoisotopic (exact) mass is 294 g/mol. The third-order valence-electron chi connectivity index (χ3n) is 3.71. The van der Waals surface area contributed by atoms with Crippen LogP contribution in [0.3, 0.4) is 0 Å². The molecule has 0 unspecified atom stereocenters. The molecular weight excluding hydrogens is 272 g/mol. The highest BCUT2D eigenvalue weighted by molar-refractivity contribution is 5.96.